The van der Waals surface area contributed by atoms with Gasteiger partial charge in [0.15, 0.2) is 5.78 Å². The Hall–Kier alpha value is -2.43. The number of aryl methyl sites for hydroxylation is 1. The summed E-state index contributed by atoms with van der Waals surface area (Å²) >= 11 is 0. The molecule has 5 heteroatoms. The maximum Gasteiger partial charge on any atom is 0.374 e. The predicted octanol–water partition coefficient (Wildman–Crippen LogP) is 2.35. The summed E-state index contributed by atoms with van der Waals surface area (Å²) < 4.78 is 6.61. The maximum atomic E-state index is 12.6. The average Bonchev–Trinajstić information content (AvgIpc) is 3.05. The molecule has 0 saturated heterocycles. The predicted molar refractivity (Wildman–Crippen MR) is 76.4 cm³/mol. The van der Waals surface area contributed by atoms with Gasteiger partial charge in [-0.05, 0) is 25.0 Å². The van der Waals surface area contributed by atoms with E-state index in [2.05, 4.69) is 4.98 Å². The van der Waals surface area contributed by atoms with E-state index < -0.39 is 12.0 Å². The van der Waals surface area contributed by atoms with Gasteiger partial charge < -0.3 is 9.30 Å². The van der Waals surface area contributed by atoms with Crippen LogP contribution in [0.5, 0.6) is 0 Å². The van der Waals surface area contributed by atoms with Crippen molar-refractivity contribution in [3.05, 3.63) is 53.1 Å². The number of aromatic nitrogens is 2. The van der Waals surface area contributed by atoms with Crippen LogP contribution in [0.2, 0.25) is 0 Å². The summed E-state index contributed by atoms with van der Waals surface area (Å²) in [6.45, 7) is 4.02. The van der Waals surface area contributed by atoms with Gasteiger partial charge in [-0.1, -0.05) is 18.2 Å². The Bertz CT molecular complexity index is 718. The van der Waals surface area contributed by atoms with E-state index in [4.69, 9.17) is 4.74 Å². The molecular weight excluding hydrogens is 268 g/mol. The minimum absolute atomic E-state index is 0.0252. The van der Waals surface area contributed by atoms with E-state index in [-0.39, 0.29) is 18.2 Å². The quantitative estimate of drug-likeness (QED) is 0.812. The van der Waals surface area contributed by atoms with Crippen molar-refractivity contribution in [2.45, 2.75) is 26.3 Å². The zero-order valence-electron chi connectivity index (χ0n) is 12.0. The topological polar surface area (TPSA) is 61.2 Å². The number of hydrogen-bond donors (Lipinski definition) is 0. The summed E-state index contributed by atoms with van der Waals surface area (Å²) in [7, 11) is 0. The number of nitrogens with zero attached hydrogens (tertiary/aromatic N) is 2. The lowest BCUT2D eigenvalue weighted by Gasteiger charge is -2.13. The number of esters is 1. The SMILES string of the molecule is CCOC(=O)c1nccn1C1Cc2c(C)cccc2C1=O. The zero-order chi connectivity index (χ0) is 15.0. The number of ketones is 1. The largest absolute Gasteiger partial charge is 0.460 e. The van der Waals surface area contributed by atoms with E-state index in [1.54, 1.807) is 17.7 Å². The van der Waals surface area contributed by atoms with Gasteiger partial charge in [0.2, 0.25) is 5.82 Å². The van der Waals surface area contributed by atoms with Crippen LogP contribution in [0, 0.1) is 6.92 Å². The van der Waals surface area contributed by atoms with E-state index in [1.807, 2.05) is 25.1 Å². The molecule has 0 bridgehead atoms. The molecule has 1 aromatic carbocycles. The standard InChI is InChI=1S/C16H16N2O3/c1-3-21-16(20)15-17-7-8-18(15)13-9-12-10(2)5-4-6-11(12)14(13)19/h4-8,13H,3,9H2,1-2H3. The van der Waals surface area contributed by atoms with Gasteiger partial charge in [-0.25, -0.2) is 9.78 Å². The Morgan fingerprint density at radius 3 is 3.00 bits per heavy atom. The fourth-order valence-electron chi connectivity index (χ4n) is 2.81. The normalized spacial score (nSPS) is 16.9. The van der Waals surface area contributed by atoms with Crippen LogP contribution in [-0.4, -0.2) is 27.9 Å². The Kier molecular flexibility index (Phi) is 3.33. The molecule has 0 fully saturated rings. The van der Waals surface area contributed by atoms with Crippen LogP contribution in [0.25, 0.3) is 0 Å². The van der Waals surface area contributed by atoms with Gasteiger partial charge in [0.25, 0.3) is 0 Å². The minimum Gasteiger partial charge on any atom is -0.460 e. The van der Waals surface area contributed by atoms with Crippen LogP contribution in [-0.2, 0) is 11.2 Å². The number of ether oxygens (including phenoxy) is 1. The van der Waals surface area contributed by atoms with E-state index in [0.717, 1.165) is 16.7 Å². The molecular formula is C16H16N2O3. The highest BCUT2D eigenvalue weighted by Crippen LogP contribution is 2.32. The molecule has 3 rings (SSSR count). The van der Waals surface area contributed by atoms with Gasteiger partial charge in [-0.3, -0.25) is 4.79 Å². The fraction of sp³-hybridized carbons (Fsp3) is 0.312. The Labute approximate surface area is 122 Å². The molecule has 0 saturated carbocycles. The Morgan fingerprint density at radius 1 is 1.48 bits per heavy atom. The van der Waals surface area contributed by atoms with Crippen molar-refractivity contribution in [3.63, 3.8) is 0 Å². The van der Waals surface area contributed by atoms with Gasteiger partial charge in [0.1, 0.15) is 6.04 Å². The molecule has 1 aliphatic carbocycles. The maximum absolute atomic E-state index is 12.6. The molecule has 0 aliphatic heterocycles. The van der Waals surface area contributed by atoms with Gasteiger partial charge in [0, 0.05) is 24.4 Å². The number of imidazole rings is 1. The molecule has 0 spiro atoms. The van der Waals surface area contributed by atoms with Crippen molar-refractivity contribution in [2.75, 3.05) is 6.61 Å². The molecule has 21 heavy (non-hydrogen) atoms. The molecule has 0 radical (unpaired) electrons. The summed E-state index contributed by atoms with van der Waals surface area (Å²) in [5, 5.41) is 0. The molecule has 1 atom stereocenters. The molecule has 5 nitrogen and oxygen atoms in total. The van der Waals surface area contributed by atoms with Crippen LogP contribution in [0.4, 0.5) is 0 Å². The molecule has 0 amide bonds. The van der Waals surface area contributed by atoms with Crippen LogP contribution < -0.4 is 0 Å². The zero-order valence-corrected chi connectivity index (χ0v) is 12.0. The summed E-state index contributed by atoms with van der Waals surface area (Å²) in [5.74, 6) is -0.291. The first-order valence-corrected chi connectivity index (χ1v) is 6.96. The first-order chi connectivity index (χ1) is 10.1. The average molecular weight is 284 g/mol. The van der Waals surface area contributed by atoms with Crippen molar-refractivity contribution < 1.29 is 14.3 Å². The number of benzene rings is 1. The molecule has 0 N–H and O–H groups in total. The van der Waals surface area contributed by atoms with Crippen molar-refractivity contribution >= 4 is 11.8 Å². The lowest BCUT2D eigenvalue weighted by Crippen LogP contribution is -2.21. The van der Waals surface area contributed by atoms with Crippen molar-refractivity contribution in [3.8, 4) is 0 Å². The summed E-state index contributed by atoms with van der Waals surface area (Å²) in [6.07, 6.45) is 3.77. The van der Waals surface area contributed by atoms with Gasteiger partial charge in [0.05, 0.1) is 6.61 Å². The first kappa shape index (κ1) is 13.5. The second kappa shape index (κ2) is 5.16. The van der Waals surface area contributed by atoms with Gasteiger partial charge >= 0.3 is 5.97 Å². The van der Waals surface area contributed by atoms with E-state index >= 15 is 0 Å². The first-order valence-electron chi connectivity index (χ1n) is 6.96. The van der Waals surface area contributed by atoms with Crippen LogP contribution in [0.1, 0.15) is 45.1 Å². The number of carbonyl (C=O) groups excluding carboxylic acids is 2. The lowest BCUT2D eigenvalue weighted by molar-refractivity contribution is 0.0504. The van der Waals surface area contributed by atoms with Crippen molar-refractivity contribution in [1.82, 2.24) is 9.55 Å². The molecule has 1 unspecified atom stereocenters. The number of hydrogen-bond acceptors (Lipinski definition) is 4. The Morgan fingerprint density at radius 2 is 2.29 bits per heavy atom. The molecule has 108 valence electrons. The second-order valence-corrected chi connectivity index (χ2v) is 5.06. The van der Waals surface area contributed by atoms with Gasteiger partial charge in [-0.15, -0.1) is 0 Å². The minimum atomic E-state index is -0.497. The number of carbonyl (C=O) groups is 2. The lowest BCUT2D eigenvalue weighted by atomic mass is 10.1. The smallest absolute Gasteiger partial charge is 0.374 e. The van der Waals surface area contributed by atoms with E-state index in [9.17, 15) is 9.59 Å². The number of rotatable bonds is 3. The van der Waals surface area contributed by atoms with E-state index in [0.29, 0.717) is 6.42 Å². The number of Topliss-reactive ketones (excluding diaryl/α,β-unsaturated/α-hetero) is 1. The van der Waals surface area contributed by atoms with Crippen molar-refractivity contribution in [1.29, 1.82) is 0 Å². The van der Waals surface area contributed by atoms with Crippen LogP contribution in [0.3, 0.4) is 0 Å². The molecule has 1 aliphatic rings. The second-order valence-electron chi connectivity index (χ2n) is 5.06. The highest BCUT2D eigenvalue weighted by Gasteiger charge is 2.34. The van der Waals surface area contributed by atoms with Crippen molar-refractivity contribution in [2.24, 2.45) is 0 Å². The van der Waals surface area contributed by atoms with Gasteiger partial charge in [-0.2, -0.15) is 0 Å². The summed E-state index contributed by atoms with van der Waals surface area (Å²) in [4.78, 5) is 28.5. The highest BCUT2D eigenvalue weighted by atomic mass is 16.5. The third-order valence-electron chi connectivity index (χ3n) is 3.84. The summed E-state index contributed by atoms with van der Waals surface area (Å²) in [5.41, 5.74) is 2.89. The molecule has 1 heterocycles. The third kappa shape index (κ3) is 2.14. The third-order valence-corrected chi connectivity index (χ3v) is 3.84. The monoisotopic (exact) mass is 284 g/mol. The Balaban J connectivity index is 1.98. The summed E-state index contributed by atoms with van der Waals surface area (Å²) in [6, 6.07) is 5.30. The van der Waals surface area contributed by atoms with Crippen LogP contribution >= 0.6 is 0 Å². The fourth-order valence-corrected chi connectivity index (χ4v) is 2.81. The van der Waals surface area contributed by atoms with Crippen LogP contribution in [0.15, 0.2) is 30.6 Å². The molecule has 1 aromatic heterocycles. The number of fused-ring (bicyclic) bond motifs is 1. The molecule has 2 aromatic rings. The highest BCUT2D eigenvalue weighted by molar-refractivity contribution is 6.04. The van der Waals surface area contributed by atoms with E-state index in [1.165, 1.54) is 6.20 Å².